The van der Waals surface area contributed by atoms with Crippen LogP contribution in [0.15, 0.2) is 30.3 Å². The molecule has 0 fully saturated rings. The third kappa shape index (κ3) is 3.22. The lowest BCUT2D eigenvalue weighted by Gasteiger charge is -2.17. The molecule has 8 nitrogen and oxygen atoms in total. The number of benzene rings is 2. The van der Waals surface area contributed by atoms with E-state index >= 15 is 0 Å². The standard InChI is InChI=1S/C19H21N3O5S/c1-4-11-13-8-15-16(9-14(13)22-19(11)23)21-18(20-15)12-6-5-10(7-17(12)26-2)27-28(3,24)25/h5-9,11,18,20-21H,4H2,1-3H3,(H,22,23). The van der Waals surface area contributed by atoms with Crippen LogP contribution in [-0.4, -0.2) is 27.7 Å². The number of hydrogen-bond donors (Lipinski definition) is 3. The van der Waals surface area contributed by atoms with Crippen molar-refractivity contribution in [3.63, 3.8) is 0 Å². The topological polar surface area (TPSA) is 106 Å². The Hall–Kier alpha value is -2.94. The minimum atomic E-state index is -3.62. The molecule has 28 heavy (non-hydrogen) atoms. The summed E-state index contributed by atoms with van der Waals surface area (Å²) in [5.74, 6) is 0.571. The van der Waals surface area contributed by atoms with Crippen LogP contribution < -0.4 is 24.9 Å². The molecule has 2 aromatic rings. The molecule has 4 rings (SSSR count). The summed E-state index contributed by atoms with van der Waals surface area (Å²) in [7, 11) is -2.10. The van der Waals surface area contributed by atoms with Gasteiger partial charge in [-0.15, -0.1) is 0 Å². The first kappa shape index (κ1) is 18.4. The Labute approximate surface area is 163 Å². The Kier molecular flexibility index (Phi) is 4.34. The molecule has 2 heterocycles. The summed E-state index contributed by atoms with van der Waals surface area (Å²) in [6.45, 7) is 1.99. The first-order valence-corrected chi connectivity index (χ1v) is 10.7. The molecule has 1 amide bonds. The summed E-state index contributed by atoms with van der Waals surface area (Å²) < 4.78 is 33.0. The van der Waals surface area contributed by atoms with Crippen LogP contribution >= 0.6 is 0 Å². The molecule has 0 aliphatic carbocycles. The molecule has 2 unspecified atom stereocenters. The SMILES string of the molecule is CCC1C(=O)Nc2cc3c(cc21)NC(c1ccc(OS(C)(=O)=O)cc1OC)N3. The monoisotopic (exact) mass is 403 g/mol. The number of hydrogen-bond acceptors (Lipinski definition) is 7. The van der Waals surface area contributed by atoms with Gasteiger partial charge in [-0.25, -0.2) is 0 Å². The van der Waals surface area contributed by atoms with Crippen LogP contribution in [-0.2, 0) is 14.9 Å². The molecule has 2 aliphatic rings. The van der Waals surface area contributed by atoms with Gasteiger partial charge in [0.2, 0.25) is 5.91 Å². The summed E-state index contributed by atoms with van der Waals surface area (Å²) >= 11 is 0. The smallest absolute Gasteiger partial charge is 0.306 e. The third-order valence-corrected chi connectivity index (χ3v) is 5.41. The number of carbonyl (C=O) groups excluding carboxylic acids is 1. The van der Waals surface area contributed by atoms with Crippen molar-refractivity contribution in [2.24, 2.45) is 0 Å². The predicted molar refractivity (Wildman–Crippen MR) is 107 cm³/mol. The number of rotatable bonds is 5. The maximum Gasteiger partial charge on any atom is 0.306 e. The van der Waals surface area contributed by atoms with E-state index in [9.17, 15) is 13.2 Å². The molecule has 0 aromatic heterocycles. The number of fused-ring (bicyclic) bond motifs is 2. The van der Waals surface area contributed by atoms with E-state index in [-0.39, 0.29) is 23.7 Å². The Morgan fingerprint density at radius 2 is 1.75 bits per heavy atom. The van der Waals surface area contributed by atoms with Gasteiger partial charge >= 0.3 is 10.1 Å². The second-order valence-corrected chi connectivity index (χ2v) is 8.42. The molecule has 0 saturated carbocycles. The lowest BCUT2D eigenvalue weighted by atomic mass is 9.97. The number of methoxy groups -OCH3 is 1. The van der Waals surface area contributed by atoms with E-state index in [4.69, 9.17) is 8.92 Å². The van der Waals surface area contributed by atoms with E-state index < -0.39 is 10.1 Å². The minimum absolute atomic E-state index is 0.0286. The fourth-order valence-electron chi connectivity index (χ4n) is 3.68. The van der Waals surface area contributed by atoms with Crippen LogP contribution in [0.4, 0.5) is 17.1 Å². The van der Waals surface area contributed by atoms with Crippen molar-refractivity contribution in [2.75, 3.05) is 29.3 Å². The van der Waals surface area contributed by atoms with Crippen molar-refractivity contribution in [3.05, 3.63) is 41.5 Å². The van der Waals surface area contributed by atoms with Crippen LogP contribution in [0.1, 0.15) is 36.6 Å². The summed E-state index contributed by atoms with van der Waals surface area (Å²) in [6, 6.07) is 8.80. The zero-order valence-electron chi connectivity index (χ0n) is 15.7. The third-order valence-electron chi connectivity index (χ3n) is 4.91. The second-order valence-electron chi connectivity index (χ2n) is 6.85. The molecule has 0 saturated heterocycles. The first-order chi connectivity index (χ1) is 13.3. The van der Waals surface area contributed by atoms with Gasteiger partial charge in [0.1, 0.15) is 17.7 Å². The summed E-state index contributed by atoms with van der Waals surface area (Å²) in [5.41, 5.74) is 4.40. The summed E-state index contributed by atoms with van der Waals surface area (Å²) in [4.78, 5) is 12.1. The average Bonchev–Trinajstić information content (AvgIpc) is 3.16. The van der Waals surface area contributed by atoms with Crippen molar-refractivity contribution < 1.29 is 22.1 Å². The lowest BCUT2D eigenvalue weighted by Crippen LogP contribution is -2.14. The van der Waals surface area contributed by atoms with E-state index in [0.717, 1.165) is 40.9 Å². The van der Waals surface area contributed by atoms with Crippen LogP contribution in [0.2, 0.25) is 0 Å². The van der Waals surface area contributed by atoms with Gasteiger partial charge in [-0.05, 0) is 36.2 Å². The average molecular weight is 403 g/mol. The minimum Gasteiger partial charge on any atom is -0.496 e. The van der Waals surface area contributed by atoms with Crippen molar-refractivity contribution in [1.82, 2.24) is 0 Å². The molecule has 3 N–H and O–H groups in total. The Morgan fingerprint density at radius 1 is 1.04 bits per heavy atom. The highest BCUT2D eigenvalue weighted by molar-refractivity contribution is 7.86. The van der Waals surface area contributed by atoms with E-state index in [1.807, 2.05) is 19.1 Å². The normalized spacial score (nSPS) is 19.9. The molecule has 0 bridgehead atoms. The van der Waals surface area contributed by atoms with Gasteiger partial charge in [0.15, 0.2) is 0 Å². The van der Waals surface area contributed by atoms with Crippen molar-refractivity contribution >= 4 is 33.1 Å². The number of carbonyl (C=O) groups is 1. The number of ether oxygens (including phenoxy) is 1. The number of amides is 1. The van der Waals surface area contributed by atoms with Crippen LogP contribution in [0.25, 0.3) is 0 Å². The molecule has 0 spiro atoms. The molecule has 2 aromatic carbocycles. The Balaban J connectivity index is 1.62. The molecule has 0 radical (unpaired) electrons. The molecule has 2 atom stereocenters. The molecular formula is C19H21N3O5S. The van der Waals surface area contributed by atoms with E-state index in [1.54, 1.807) is 12.1 Å². The van der Waals surface area contributed by atoms with E-state index in [0.29, 0.717) is 5.75 Å². The highest BCUT2D eigenvalue weighted by Gasteiger charge is 2.33. The highest BCUT2D eigenvalue weighted by atomic mass is 32.2. The fraction of sp³-hybridized carbons (Fsp3) is 0.316. The zero-order chi connectivity index (χ0) is 20.1. The van der Waals surface area contributed by atoms with Crippen molar-refractivity contribution in [2.45, 2.75) is 25.4 Å². The van der Waals surface area contributed by atoms with Gasteiger partial charge in [0.25, 0.3) is 0 Å². The van der Waals surface area contributed by atoms with Crippen LogP contribution in [0.5, 0.6) is 11.5 Å². The van der Waals surface area contributed by atoms with Gasteiger partial charge < -0.3 is 24.9 Å². The fourth-order valence-corrected chi connectivity index (χ4v) is 4.13. The van der Waals surface area contributed by atoms with Gasteiger partial charge in [0, 0.05) is 17.3 Å². The van der Waals surface area contributed by atoms with E-state index in [2.05, 4.69) is 16.0 Å². The number of anilines is 3. The van der Waals surface area contributed by atoms with Gasteiger partial charge in [0.05, 0.1) is 30.7 Å². The lowest BCUT2D eigenvalue weighted by molar-refractivity contribution is -0.117. The van der Waals surface area contributed by atoms with E-state index in [1.165, 1.54) is 13.2 Å². The van der Waals surface area contributed by atoms with Crippen LogP contribution in [0.3, 0.4) is 0 Å². The van der Waals surface area contributed by atoms with Crippen molar-refractivity contribution in [3.8, 4) is 11.5 Å². The largest absolute Gasteiger partial charge is 0.496 e. The Bertz CT molecular complexity index is 1070. The quantitative estimate of drug-likeness (QED) is 0.659. The summed E-state index contributed by atoms with van der Waals surface area (Å²) in [5, 5.41) is 9.69. The maximum absolute atomic E-state index is 12.1. The maximum atomic E-state index is 12.1. The second kappa shape index (κ2) is 6.59. The van der Waals surface area contributed by atoms with Crippen molar-refractivity contribution in [1.29, 1.82) is 0 Å². The first-order valence-electron chi connectivity index (χ1n) is 8.88. The van der Waals surface area contributed by atoms with Crippen LogP contribution in [0, 0.1) is 0 Å². The molecular weight excluding hydrogens is 382 g/mol. The zero-order valence-corrected chi connectivity index (χ0v) is 16.5. The van der Waals surface area contributed by atoms with Gasteiger partial charge in [-0.3, -0.25) is 4.79 Å². The molecule has 9 heteroatoms. The van der Waals surface area contributed by atoms with Gasteiger partial charge in [-0.1, -0.05) is 6.92 Å². The number of nitrogens with one attached hydrogen (secondary N) is 3. The Morgan fingerprint density at radius 3 is 2.39 bits per heavy atom. The molecule has 2 aliphatic heterocycles. The predicted octanol–water partition coefficient (Wildman–Crippen LogP) is 3.02. The summed E-state index contributed by atoms with van der Waals surface area (Å²) in [6.07, 6.45) is 1.46. The highest BCUT2D eigenvalue weighted by Crippen LogP contribution is 2.45. The molecule has 148 valence electrons. The van der Waals surface area contributed by atoms with Gasteiger partial charge in [-0.2, -0.15) is 8.42 Å².